The van der Waals surface area contributed by atoms with E-state index < -0.39 is 0 Å². The number of carbonyl (C=O) groups excluding carboxylic acids is 1. The van der Waals surface area contributed by atoms with Crippen LogP contribution in [0, 0.1) is 12.8 Å². The van der Waals surface area contributed by atoms with Crippen molar-refractivity contribution in [1.82, 2.24) is 8.61 Å². The van der Waals surface area contributed by atoms with Crippen LogP contribution >= 0.6 is 60.6 Å². The number of piperidine rings is 2. The molecule has 2 fully saturated rings. The highest BCUT2D eigenvalue weighted by Crippen LogP contribution is 2.50. The van der Waals surface area contributed by atoms with Crippen LogP contribution in [0.4, 0.5) is 0 Å². The highest BCUT2D eigenvalue weighted by atomic mass is 127. The maximum Gasteiger partial charge on any atom is 0.140 e. The van der Waals surface area contributed by atoms with Crippen molar-refractivity contribution < 1.29 is 4.79 Å². The Hall–Kier alpha value is 0.190. The number of aryl methyl sites for hydroxylation is 1. The fourth-order valence-electron chi connectivity index (χ4n) is 4.57. The summed E-state index contributed by atoms with van der Waals surface area (Å²) in [6.07, 6.45) is 1.59. The monoisotopic (exact) mass is 636 g/mol. The Morgan fingerprint density at radius 1 is 0.964 bits per heavy atom. The van der Waals surface area contributed by atoms with Crippen molar-refractivity contribution in [2.45, 2.75) is 37.9 Å². The van der Waals surface area contributed by atoms with Gasteiger partial charge in [-0.25, -0.2) is 8.61 Å². The van der Waals surface area contributed by atoms with Crippen LogP contribution in [0.25, 0.3) is 0 Å². The highest BCUT2D eigenvalue weighted by Gasteiger charge is 2.48. The van der Waals surface area contributed by atoms with Crippen LogP contribution in [0.5, 0.6) is 0 Å². The van der Waals surface area contributed by atoms with Crippen LogP contribution in [-0.2, 0) is 4.79 Å². The van der Waals surface area contributed by atoms with Crippen molar-refractivity contribution in [3.8, 4) is 0 Å². The standard InChI is InChI=1S/C21H22I2N2OS2/c1-14-7-5-6-10-16(14)20-12-21(26)17-13-24(27-22)18(11-19(17)25(20)28-23)15-8-3-2-4-9-15/h2-10,17-20H,11-13H2,1H3/t17-,18+,19+,20+/m1/s1. The predicted molar refractivity (Wildman–Crippen MR) is 136 cm³/mol. The van der Waals surface area contributed by atoms with Gasteiger partial charge in [0.05, 0.1) is 6.04 Å². The van der Waals surface area contributed by atoms with Crippen molar-refractivity contribution >= 4 is 66.4 Å². The van der Waals surface area contributed by atoms with Crippen molar-refractivity contribution in [3.63, 3.8) is 0 Å². The molecule has 2 aliphatic heterocycles. The number of carbonyl (C=O) groups is 1. The summed E-state index contributed by atoms with van der Waals surface area (Å²) in [5, 5.41) is 0. The van der Waals surface area contributed by atoms with E-state index in [4.69, 9.17) is 0 Å². The van der Waals surface area contributed by atoms with E-state index in [-0.39, 0.29) is 18.0 Å². The summed E-state index contributed by atoms with van der Waals surface area (Å²) in [5.74, 6) is 0.506. The first-order valence-corrected chi connectivity index (χ1v) is 16.0. The van der Waals surface area contributed by atoms with Gasteiger partial charge >= 0.3 is 0 Å². The van der Waals surface area contributed by atoms with Crippen LogP contribution in [0.3, 0.4) is 0 Å². The first kappa shape index (κ1) is 21.4. The third kappa shape index (κ3) is 4.16. The van der Waals surface area contributed by atoms with E-state index in [0.717, 1.165) is 13.0 Å². The van der Waals surface area contributed by atoms with E-state index in [1.54, 1.807) is 18.2 Å². The fraction of sp³-hybridized carbons (Fsp3) is 0.381. The maximum atomic E-state index is 13.2. The number of hydrogen-bond acceptors (Lipinski definition) is 5. The van der Waals surface area contributed by atoms with E-state index in [9.17, 15) is 4.79 Å². The lowest BCUT2D eigenvalue weighted by atomic mass is 9.77. The van der Waals surface area contributed by atoms with Crippen molar-refractivity contribution in [2.75, 3.05) is 6.54 Å². The van der Waals surface area contributed by atoms with E-state index >= 15 is 0 Å². The number of nitrogens with zero attached hydrogens (tertiary/aromatic N) is 2. The molecule has 4 rings (SSSR count). The molecular formula is C21H22I2N2OS2. The first-order valence-electron chi connectivity index (χ1n) is 9.39. The van der Waals surface area contributed by atoms with Gasteiger partial charge in [-0.1, -0.05) is 54.6 Å². The summed E-state index contributed by atoms with van der Waals surface area (Å²) in [5.41, 5.74) is 3.91. The average Bonchev–Trinajstić information content (AvgIpc) is 2.74. The minimum atomic E-state index is 0.0877. The number of fused-ring (bicyclic) bond motifs is 1. The van der Waals surface area contributed by atoms with Gasteiger partial charge in [0.1, 0.15) is 5.78 Å². The van der Waals surface area contributed by atoms with Crippen LogP contribution in [-0.4, -0.2) is 27.0 Å². The van der Waals surface area contributed by atoms with Crippen LogP contribution in [0.15, 0.2) is 54.6 Å². The van der Waals surface area contributed by atoms with Gasteiger partial charge < -0.3 is 0 Å². The second-order valence-corrected chi connectivity index (χ2v) is 11.0. The topological polar surface area (TPSA) is 23.6 Å². The summed E-state index contributed by atoms with van der Waals surface area (Å²) in [6, 6.07) is 20.0. The molecule has 3 nitrogen and oxygen atoms in total. The molecule has 0 radical (unpaired) electrons. The third-order valence-electron chi connectivity index (χ3n) is 6.00. The van der Waals surface area contributed by atoms with E-state index in [2.05, 4.69) is 113 Å². The molecule has 0 unspecified atom stereocenters. The Bertz CT molecular complexity index is 838. The van der Waals surface area contributed by atoms with Gasteiger partial charge in [-0.05, 0) is 48.3 Å². The molecule has 7 heteroatoms. The van der Waals surface area contributed by atoms with Gasteiger partial charge in [0, 0.05) is 73.4 Å². The number of rotatable bonds is 4. The molecule has 28 heavy (non-hydrogen) atoms. The predicted octanol–water partition coefficient (Wildman–Crippen LogP) is 6.74. The lowest BCUT2D eigenvalue weighted by Gasteiger charge is -2.50. The molecule has 0 saturated carbocycles. The maximum absolute atomic E-state index is 13.2. The molecule has 4 atom stereocenters. The molecule has 0 aliphatic carbocycles. The van der Waals surface area contributed by atoms with Crippen molar-refractivity contribution in [2.24, 2.45) is 5.92 Å². The van der Waals surface area contributed by atoms with E-state index in [1.807, 2.05) is 0 Å². The van der Waals surface area contributed by atoms with Gasteiger partial charge in [-0.3, -0.25) is 4.79 Å². The van der Waals surface area contributed by atoms with E-state index in [0.29, 0.717) is 18.2 Å². The summed E-state index contributed by atoms with van der Waals surface area (Å²) in [4.78, 5) is 13.2. The normalized spacial score (nSPS) is 28.9. The minimum Gasteiger partial charge on any atom is -0.299 e. The lowest BCUT2D eigenvalue weighted by Crippen LogP contribution is -2.55. The molecule has 148 valence electrons. The Kier molecular flexibility index (Phi) is 7.31. The van der Waals surface area contributed by atoms with Gasteiger partial charge in [0.25, 0.3) is 0 Å². The molecule has 2 aromatic carbocycles. The Morgan fingerprint density at radius 2 is 1.68 bits per heavy atom. The number of Topliss-reactive ketones (excluding diaryl/α,β-unsaturated/α-hetero) is 1. The molecule has 2 aromatic rings. The fourth-order valence-corrected chi connectivity index (χ4v) is 8.72. The summed E-state index contributed by atoms with van der Waals surface area (Å²) in [7, 11) is 3.51. The summed E-state index contributed by atoms with van der Waals surface area (Å²) >= 11 is 4.77. The van der Waals surface area contributed by atoms with Crippen LogP contribution in [0.2, 0.25) is 0 Å². The van der Waals surface area contributed by atoms with Gasteiger partial charge in [0.15, 0.2) is 0 Å². The second-order valence-electron chi connectivity index (χ2n) is 7.48. The lowest BCUT2D eigenvalue weighted by molar-refractivity contribution is -0.131. The third-order valence-corrected chi connectivity index (χ3v) is 10.1. The number of benzene rings is 2. The first-order chi connectivity index (χ1) is 13.6. The smallest absolute Gasteiger partial charge is 0.140 e. The highest BCUT2D eigenvalue weighted by molar-refractivity contribution is 14.2. The Labute approximate surface area is 199 Å². The molecule has 2 saturated heterocycles. The number of halogens is 2. The molecule has 0 N–H and O–H groups in total. The molecule has 0 aromatic heterocycles. The van der Waals surface area contributed by atoms with Gasteiger partial charge in [0.2, 0.25) is 0 Å². The largest absolute Gasteiger partial charge is 0.299 e. The van der Waals surface area contributed by atoms with Gasteiger partial charge in [-0.15, -0.1) is 0 Å². The SMILES string of the molecule is Cc1ccccc1[C@@H]1CC(=O)[C@@H]2CN(SI)[C@H](c3ccccc3)C[C@@H]2N1SI. The number of hydrogen-bond donors (Lipinski definition) is 0. The zero-order valence-electron chi connectivity index (χ0n) is 15.5. The molecule has 0 spiro atoms. The Balaban J connectivity index is 1.68. The van der Waals surface area contributed by atoms with E-state index in [1.165, 1.54) is 16.7 Å². The van der Waals surface area contributed by atoms with Crippen LogP contribution in [0.1, 0.15) is 41.6 Å². The summed E-state index contributed by atoms with van der Waals surface area (Å²) in [6.45, 7) is 2.98. The zero-order valence-corrected chi connectivity index (χ0v) is 21.4. The van der Waals surface area contributed by atoms with Crippen LogP contribution < -0.4 is 0 Å². The Morgan fingerprint density at radius 3 is 2.36 bits per heavy atom. The minimum absolute atomic E-state index is 0.0877. The molecular weight excluding hydrogens is 614 g/mol. The molecule has 0 bridgehead atoms. The van der Waals surface area contributed by atoms with Crippen molar-refractivity contribution in [3.05, 3.63) is 71.3 Å². The molecule has 2 heterocycles. The molecule has 0 amide bonds. The summed E-state index contributed by atoms with van der Waals surface area (Å²) < 4.78 is 4.92. The van der Waals surface area contributed by atoms with Gasteiger partial charge in [-0.2, -0.15) is 0 Å². The van der Waals surface area contributed by atoms with Crippen molar-refractivity contribution in [1.29, 1.82) is 0 Å². The second kappa shape index (κ2) is 9.55. The number of ketones is 1. The zero-order chi connectivity index (χ0) is 19.7. The molecule has 2 aliphatic rings. The average molecular weight is 636 g/mol. The quantitative estimate of drug-likeness (QED) is 0.274.